The Bertz CT molecular complexity index is 987. The van der Waals surface area contributed by atoms with E-state index in [4.69, 9.17) is 62.7 Å². The number of aromatic nitrogens is 2. The van der Waals surface area contributed by atoms with Crippen LogP contribution in [0, 0.1) is 0 Å². The fraction of sp³-hybridized carbons (Fsp3) is 0.0714. The summed E-state index contributed by atoms with van der Waals surface area (Å²) in [5.74, 6) is -1.39. The molecule has 0 radical (unpaired) electrons. The Morgan fingerprint density at radius 2 is 1.60 bits per heavy atom. The van der Waals surface area contributed by atoms with Crippen molar-refractivity contribution in [3.63, 3.8) is 0 Å². The molecule has 1 heterocycles. The molecule has 25 heavy (non-hydrogen) atoms. The van der Waals surface area contributed by atoms with Crippen LogP contribution in [0.5, 0.6) is 11.5 Å². The average molecular weight is 450 g/mol. The molecule has 0 fully saturated rings. The van der Waals surface area contributed by atoms with E-state index < -0.39 is 12.0 Å². The van der Waals surface area contributed by atoms with E-state index in [0.29, 0.717) is 0 Å². The van der Waals surface area contributed by atoms with Crippen LogP contribution in [0.15, 0.2) is 18.2 Å². The lowest BCUT2D eigenvalue weighted by Crippen LogP contribution is -2.06. The van der Waals surface area contributed by atoms with Crippen molar-refractivity contribution in [2.45, 2.75) is 6.18 Å². The van der Waals surface area contributed by atoms with Gasteiger partial charge in [-0.1, -0.05) is 58.0 Å². The van der Waals surface area contributed by atoms with Crippen molar-refractivity contribution in [2.24, 2.45) is 0 Å². The smallest absolute Gasteiger partial charge is 0.449 e. The highest BCUT2D eigenvalue weighted by Gasteiger charge is 2.35. The summed E-state index contributed by atoms with van der Waals surface area (Å²) in [6.07, 6.45) is -4.68. The van der Waals surface area contributed by atoms with Gasteiger partial charge in [-0.25, -0.2) is 4.98 Å². The summed E-state index contributed by atoms with van der Waals surface area (Å²) in [5, 5.41) is 0.00733. The zero-order valence-corrected chi connectivity index (χ0v) is 15.4. The highest BCUT2D eigenvalue weighted by molar-refractivity contribution is 6.48. The number of H-pyrrole nitrogens is 1. The minimum absolute atomic E-state index is 0.00657. The van der Waals surface area contributed by atoms with Crippen molar-refractivity contribution in [1.29, 1.82) is 0 Å². The third-order valence-electron chi connectivity index (χ3n) is 3.11. The molecule has 0 spiro atoms. The molecule has 2 aromatic carbocycles. The van der Waals surface area contributed by atoms with Gasteiger partial charge in [0.25, 0.3) is 0 Å². The van der Waals surface area contributed by atoms with E-state index in [9.17, 15) is 13.2 Å². The van der Waals surface area contributed by atoms with Gasteiger partial charge < -0.3 is 9.72 Å². The first kappa shape index (κ1) is 18.7. The quantitative estimate of drug-likeness (QED) is 0.408. The fourth-order valence-corrected chi connectivity index (χ4v) is 2.93. The normalized spacial score (nSPS) is 12.0. The molecule has 0 saturated carbocycles. The average Bonchev–Trinajstić information content (AvgIpc) is 2.95. The molecule has 0 amide bonds. The standard InChI is InChI=1S/C14H4Cl5F3N2O/c15-4-1-2-7(10(19)8(4)17)25-12-9(18)5(16)3-6-11(12)24-13(23-6)14(20,21)22/h1-3H,(H,23,24). The molecule has 1 aromatic heterocycles. The lowest BCUT2D eigenvalue weighted by atomic mass is 10.3. The Morgan fingerprint density at radius 1 is 0.920 bits per heavy atom. The Balaban J connectivity index is 2.20. The number of halogens is 8. The Kier molecular flexibility index (Phi) is 4.94. The molecule has 0 aliphatic rings. The second-order valence-corrected chi connectivity index (χ2v) is 6.70. The van der Waals surface area contributed by atoms with Crippen molar-refractivity contribution < 1.29 is 17.9 Å². The van der Waals surface area contributed by atoms with Crippen molar-refractivity contribution in [2.75, 3.05) is 0 Å². The minimum atomic E-state index is -4.68. The number of hydrogen-bond donors (Lipinski definition) is 1. The zero-order valence-electron chi connectivity index (χ0n) is 11.6. The summed E-state index contributed by atoms with van der Waals surface area (Å²) in [5.41, 5.74) is -0.170. The van der Waals surface area contributed by atoms with Gasteiger partial charge in [0.15, 0.2) is 5.75 Å². The predicted octanol–water partition coefficient (Wildman–Crippen LogP) is 7.64. The van der Waals surface area contributed by atoms with Crippen LogP contribution in [0.25, 0.3) is 11.0 Å². The Morgan fingerprint density at radius 3 is 2.24 bits per heavy atom. The van der Waals surface area contributed by atoms with Gasteiger partial charge in [0, 0.05) is 0 Å². The number of rotatable bonds is 2. The molecule has 0 aliphatic carbocycles. The van der Waals surface area contributed by atoms with E-state index in [0.717, 1.165) is 0 Å². The fourth-order valence-electron chi connectivity index (χ4n) is 1.99. The maximum absolute atomic E-state index is 12.9. The largest absolute Gasteiger partial charge is 0.452 e. The molecule has 0 atom stereocenters. The summed E-state index contributed by atoms with van der Waals surface area (Å²) in [6.45, 7) is 0. The monoisotopic (exact) mass is 448 g/mol. The van der Waals surface area contributed by atoms with E-state index in [1.54, 1.807) is 0 Å². The third kappa shape index (κ3) is 3.46. The molecule has 0 unspecified atom stereocenters. The summed E-state index contributed by atoms with van der Waals surface area (Å²) >= 11 is 29.8. The van der Waals surface area contributed by atoms with Crippen LogP contribution in [0.3, 0.4) is 0 Å². The molecule has 0 aliphatic heterocycles. The highest BCUT2D eigenvalue weighted by atomic mass is 35.5. The first-order valence-electron chi connectivity index (χ1n) is 6.36. The number of ether oxygens (including phenoxy) is 1. The van der Waals surface area contributed by atoms with Gasteiger partial charge in [0.1, 0.15) is 21.3 Å². The number of nitrogens with one attached hydrogen (secondary N) is 1. The Labute approximate surface area is 163 Å². The summed E-state index contributed by atoms with van der Waals surface area (Å²) < 4.78 is 44.2. The molecule has 3 aromatic rings. The molecule has 3 nitrogen and oxygen atoms in total. The van der Waals surface area contributed by atoms with E-state index in [2.05, 4.69) is 9.97 Å². The summed E-state index contributed by atoms with van der Waals surface area (Å²) in [7, 11) is 0. The number of alkyl halides is 3. The molecule has 3 rings (SSSR count). The molecule has 132 valence electrons. The molecule has 0 saturated heterocycles. The van der Waals surface area contributed by atoms with Gasteiger partial charge in [0.2, 0.25) is 5.82 Å². The van der Waals surface area contributed by atoms with Crippen LogP contribution in [-0.4, -0.2) is 9.97 Å². The number of nitrogens with zero attached hydrogens (tertiary/aromatic N) is 1. The van der Waals surface area contributed by atoms with Crippen LogP contribution >= 0.6 is 58.0 Å². The lowest BCUT2D eigenvalue weighted by molar-refractivity contribution is -0.144. The lowest BCUT2D eigenvalue weighted by Gasteiger charge is -2.12. The van der Waals surface area contributed by atoms with E-state index >= 15 is 0 Å². The van der Waals surface area contributed by atoms with E-state index in [1.165, 1.54) is 18.2 Å². The van der Waals surface area contributed by atoms with Crippen LogP contribution in [0.2, 0.25) is 25.1 Å². The van der Waals surface area contributed by atoms with Gasteiger partial charge in [-0.2, -0.15) is 13.2 Å². The molecule has 1 N–H and O–H groups in total. The van der Waals surface area contributed by atoms with E-state index in [1.807, 2.05) is 0 Å². The van der Waals surface area contributed by atoms with Crippen molar-refractivity contribution in [1.82, 2.24) is 9.97 Å². The molecule has 11 heteroatoms. The first-order valence-corrected chi connectivity index (χ1v) is 8.25. The number of hydrogen-bond acceptors (Lipinski definition) is 2. The molecule has 0 bridgehead atoms. The second-order valence-electron chi connectivity index (χ2n) is 4.76. The first-order chi connectivity index (χ1) is 11.6. The molecular weight excluding hydrogens is 446 g/mol. The maximum atomic E-state index is 12.9. The molecular formula is C14H4Cl5F3N2O. The van der Waals surface area contributed by atoms with Gasteiger partial charge in [-0.05, 0) is 18.2 Å². The van der Waals surface area contributed by atoms with Crippen molar-refractivity contribution >= 4 is 69.0 Å². The summed E-state index contributed by atoms with van der Waals surface area (Å²) in [6, 6.07) is 4.01. The van der Waals surface area contributed by atoms with Gasteiger partial charge >= 0.3 is 6.18 Å². The number of benzene rings is 2. The van der Waals surface area contributed by atoms with Gasteiger partial charge in [0.05, 0.1) is 20.6 Å². The van der Waals surface area contributed by atoms with Crippen LogP contribution < -0.4 is 4.74 Å². The highest BCUT2D eigenvalue weighted by Crippen LogP contribution is 2.45. The number of imidazole rings is 1. The van der Waals surface area contributed by atoms with Crippen molar-refractivity contribution in [3.8, 4) is 11.5 Å². The zero-order chi connectivity index (χ0) is 18.5. The van der Waals surface area contributed by atoms with Gasteiger partial charge in [-0.15, -0.1) is 0 Å². The van der Waals surface area contributed by atoms with Crippen molar-refractivity contribution in [3.05, 3.63) is 49.1 Å². The SMILES string of the molecule is FC(F)(F)c1nc2c(Oc3ccc(Cl)c(Cl)c3Cl)c(Cl)c(Cl)cc2[nH]1. The minimum Gasteiger partial charge on any atom is -0.452 e. The third-order valence-corrected chi connectivity index (χ3v) is 5.15. The maximum Gasteiger partial charge on any atom is 0.449 e. The van der Waals surface area contributed by atoms with E-state index in [-0.39, 0.29) is 47.6 Å². The Hall–Kier alpha value is -1.05. The second kappa shape index (κ2) is 6.59. The predicted molar refractivity (Wildman–Crippen MR) is 92.7 cm³/mol. The number of fused-ring (bicyclic) bond motifs is 1. The topological polar surface area (TPSA) is 37.9 Å². The van der Waals surface area contributed by atoms with Crippen LogP contribution in [-0.2, 0) is 6.18 Å². The van der Waals surface area contributed by atoms with Crippen LogP contribution in [0.1, 0.15) is 5.82 Å². The summed E-state index contributed by atoms with van der Waals surface area (Å²) in [4.78, 5) is 5.63. The number of aromatic amines is 1. The van der Waals surface area contributed by atoms with Gasteiger partial charge in [-0.3, -0.25) is 0 Å². The van der Waals surface area contributed by atoms with Crippen LogP contribution in [0.4, 0.5) is 13.2 Å².